The third-order valence-electron chi connectivity index (χ3n) is 3.64. The van der Waals surface area contributed by atoms with E-state index in [1.54, 1.807) is 0 Å². The van der Waals surface area contributed by atoms with Crippen molar-refractivity contribution < 1.29 is 4.39 Å². The van der Waals surface area contributed by atoms with Crippen molar-refractivity contribution in [2.45, 2.75) is 44.8 Å². The molecule has 1 aliphatic heterocycles. The first-order valence-electron chi connectivity index (χ1n) is 6.51. The van der Waals surface area contributed by atoms with Gasteiger partial charge in [-0.2, -0.15) is 0 Å². The molecule has 1 aromatic rings. The maximum atomic E-state index is 13.2. The molecule has 0 radical (unpaired) electrons. The molecule has 0 saturated carbocycles. The van der Waals surface area contributed by atoms with Gasteiger partial charge in [-0.05, 0) is 59.9 Å². The molecule has 0 bridgehead atoms. The van der Waals surface area contributed by atoms with Crippen LogP contribution in [0, 0.1) is 5.82 Å². The minimum absolute atomic E-state index is 0. The van der Waals surface area contributed by atoms with Gasteiger partial charge in [0.15, 0.2) is 0 Å². The molecule has 5 heteroatoms. The molecule has 2 unspecified atom stereocenters. The van der Waals surface area contributed by atoms with E-state index in [1.807, 2.05) is 12.1 Å². The number of piperidine rings is 1. The summed E-state index contributed by atoms with van der Waals surface area (Å²) in [5.74, 6) is -0.207. The van der Waals surface area contributed by atoms with Crippen molar-refractivity contribution in [1.29, 1.82) is 0 Å². The van der Waals surface area contributed by atoms with Gasteiger partial charge in [0.25, 0.3) is 0 Å². The molecule has 1 aliphatic rings. The van der Waals surface area contributed by atoms with Crippen LogP contribution in [0.15, 0.2) is 22.7 Å². The summed E-state index contributed by atoms with van der Waals surface area (Å²) in [6.45, 7) is 4.01. The van der Waals surface area contributed by atoms with Crippen LogP contribution in [0.2, 0.25) is 0 Å². The van der Waals surface area contributed by atoms with Gasteiger partial charge < -0.3 is 5.73 Å². The minimum atomic E-state index is -0.207. The van der Waals surface area contributed by atoms with Crippen LogP contribution in [0.4, 0.5) is 4.39 Å². The lowest BCUT2D eigenvalue weighted by Gasteiger charge is -2.38. The number of nitrogens with zero attached hydrogens (tertiary/aromatic N) is 1. The molecule has 1 heterocycles. The minimum Gasteiger partial charge on any atom is -0.327 e. The second-order valence-electron chi connectivity index (χ2n) is 5.14. The van der Waals surface area contributed by atoms with Gasteiger partial charge >= 0.3 is 0 Å². The van der Waals surface area contributed by atoms with E-state index in [0.29, 0.717) is 10.5 Å². The van der Waals surface area contributed by atoms with Crippen LogP contribution in [0.5, 0.6) is 0 Å². The quantitative estimate of drug-likeness (QED) is 0.899. The van der Waals surface area contributed by atoms with Gasteiger partial charge in [0, 0.05) is 18.6 Å². The van der Waals surface area contributed by atoms with Crippen molar-refractivity contribution in [3.05, 3.63) is 34.1 Å². The van der Waals surface area contributed by atoms with E-state index in [4.69, 9.17) is 5.73 Å². The van der Waals surface area contributed by atoms with E-state index in [1.165, 1.54) is 25.3 Å². The topological polar surface area (TPSA) is 29.3 Å². The molecule has 2 nitrogen and oxygen atoms in total. The molecule has 1 saturated heterocycles. The van der Waals surface area contributed by atoms with E-state index in [0.717, 1.165) is 18.7 Å². The lowest BCUT2D eigenvalue weighted by molar-refractivity contribution is 0.123. The average Bonchev–Trinajstić information content (AvgIpc) is 2.34. The standard InChI is InChI=1S/C14H20BrFN2.ClH/c1-10(17)14-4-2-3-7-18(14)9-11-5-6-13(16)12(15)8-11;/h5-6,8,10,14H,2-4,7,9,17H2,1H3;1H. The predicted molar refractivity (Wildman–Crippen MR) is 83.0 cm³/mol. The molecule has 0 spiro atoms. The smallest absolute Gasteiger partial charge is 0.137 e. The first-order valence-corrected chi connectivity index (χ1v) is 7.31. The number of hydrogen-bond acceptors (Lipinski definition) is 2. The van der Waals surface area contributed by atoms with Gasteiger partial charge in [-0.3, -0.25) is 4.90 Å². The molecule has 2 rings (SSSR count). The Morgan fingerprint density at radius 2 is 2.21 bits per heavy atom. The van der Waals surface area contributed by atoms with Crippen LogP contribution in [0.25, 0.3) is 0 Å². The summed E-state index contributed by atoms with van der Waals surface area (Å²) in [4.78, 5) is 2.42. The normalized spacial score (nSPS) is 21.8. The van der Waals surface area contributed by atoms with Gasteiger partial charge in [0.1, 0.15) is 5.82 Å². The van der Waals surface area contributed by atoms with E-state index >= 15 is 0 Å². The monoisotopic (exact) mass is 350 g/mol. The highest BCUT2D eigenvalue weighted by atomic mass is 79.9. The Hall–Kier alpha value is -0.160. The lowest BCUT2D eigenvalue weighted by Crippen LogP contribution is -2.48. The molecule has 0 aliphatic carbocycles. The van der Waals surface area contributed by atoms with Crippen LogP contribution in [0.1, 0.15) is 31.7 Å². The first-order chi connectivity index (χ1) is 8.58. The van der Waals surface area contributed by atoms with Crippen molar-refractivity contribution in [3.8, 4) is 0 Å². The zero-order chi connectivity index (χ0) is 13.1. The largest absolute Gasteiger partial charge is 0.327 e. The maximum absolute atomic E-state index is 13.2. The van der Waals surface area contributed by atoms with E-state index in [9.17, 15) is 4.39 Å². The van der Waals surface area contributed by atoms with Crippen LogP contribution >= 0.6 is 28.3 Å². The van der Waals surface area contributed by atoms with Crippen molar-refractivity contribution in [2.75, 3.05) is 6.54 Å². The van der Waals surface area contributed by atoms with Crippen LogP contribution in [-0.2, 0) is 6.54 Å². The summed E-state index contributed by atoms with van der Waals surface area (Å²) >= 11 is 3.24. The molecule has 2 N–H and O–H groups in total. The van der Waals surface area contributed by atoms with E-state index in [2.05, 4.69) is 27.8 Å². The highest BCUT2D eigenvalue weighted by molar-refractivity contribution is 9.10. The van der Waals surface area contributed by atoms with E-state index < -0.39 is 0 Å². The molecule has 2 atom stereocenters. The van der Waals surface area contributed by atoms with Crippen molar-refractivity contribution >= 4 is 28.3 Å². The van der Waals surface area contributed by atoms with Gasteiger partial charge in [-0.1, -0.05) is 12.5 Å². The van der Waals surface area contributed by atoms with Gasteiger partial charge in [-0.25, -0.2) is 4.39 Å². The Labute approximate surface area is 129 Å². The Balaban J connectivity index is 0.00000180. The van der Waals surface area contributed by atoms with Gasteiger partial charge in [-0.15, -0.1) is 12.4 Å². The molecule has 0 aromatic heterocycles. The van der Waals surface area contributed by atoms with Crippen LogP contribution < -0.4 is 5.73 Å². The lowest BCUT2D eigenvalue weighted by atomic mass is 9.96. The SMILES string of the molecule is CC(N)C1CCCCN1Cc1ccc(F)c(Br)c1.Cl. The number of hydrogen-bond donors (Lipinski definition) is 1. The summed E-state index contributed by atoms with van der Waals surface area (Å²) in [6.07, 6.45) is 3.65. The zero-order valence-corrected chi connectivity index (χ0v) is 13.5. The Morgan fingerprint density at radius 3 is 2.84 bits per heavy atom. The fourth-order valence-corrected chi connectivity index (χ4v) is 3.11. The second-order valence-corrected chi connectivity index (χ2v) is 6.00. The highest BCUT2D eigenvalue weighted by Gasteiger charge is 2.25. The van der Waals surface area contributed by atoms with Gasteiger partial charge in [0.2, 0.25) is 0 Å². The van der Waals surface area contributed by atoms with Crippen molar-refractivity contribution in [3.63, 3.8) is 0 Å². The van der Waals surface area contributed by atoms with Crippen LogP contribution in [-0.4, -0.2) is 23.5 Å². The summed E-state index contributed by atoms with van der Waals surface area (Å²) in [5, 5.41) is 0. The summed E-state index contributed by atoms with van der Waals surface area (Å²) in [6, 6.07) is 5.87. The Bertz CT molecular complexity index is 414. The summed E-state index contributed by atoms with van der Waals surface area (Å²) < 4.78 is 13.7. The maximum Gasteiger partial charge on any atom is 0.137 e. The number of halogens is 3. The number of benzene rings is 1. The Kier molecular flexibility index (Phi) is 6.74. The average molecular weight is 352 g/mol. The molecule has 1 aromatic carbocycles. The first kappa shape index (κ1) is 16.9. The summed E-state index contributed by atoms with van der Waals surface area (Å²) in [5.41, 5.74) is 7.19. The van der Waals surface area contributed by atoms with Crippen molar-refractivity contribution in [1.82, 2.24) is 4.90 Å². The molecule has 19 heavy (non-hydrogen) atoms. The fourth-order valence-electron chi connectivity index (χ4n) is 2.68. The molecule has 0 amide bonds. The Morgan fingerprint density at radius 1 is 1.47 bits per heavy atom. The van der Waals surface area contributed by atoms with E-state index in [-0.39, 0.29) is 24.3 Å². The number of likely N-dealkylation sites (tertiary alicyclic amines) is 1. The number of nitrogens with two attached hydrogens (primary N) is 1. The van der Waals surface area contributed by atoms with Gasteiger partial charge in [0.05, 0.1) is 4.47 Å². The highest BCUT2D eigenvalue weighted by Crippen LogP contribution is 2.23. The zero-order valence-electron chi connectivity index (χ0n) is 11.1. The third-order valence-corrected chi connectivity index (χ3v) is 4.25. The molecule has 108 valence electrons. The third kappa shape index (κ3) is 4.42. The second kappa shape index (κ2) is 7.58. The molecule has 1 fully saturated rings. The predicted octanol–water partition coefficient (Wildman–Crippen LogP) is 3.71. The summed E-state index contributed by atoms with van der Waals surface area (Å²) in [7, 11) is 0. The van der Waals surface area contributed by atoms with Crippen molar-refractivity contribution in [2.24, 2.45) is 5.73 Å². The van der Waals surface area contributed by atoms with Crippen LogP contribution in [0.3, 0.4) is 0 Å². The molecular weight excluding hydrogens is 331 g/mol. The molecular formula is C14H21BrClFN2. The number of rotatable bonds is 3. The fraction of sp³-hybridized carbons (Fsp3) is 0.571.